The number of hydrogen-bond donors (Lipinski definition) is 1. The third-order valence-electron chi connectivity index (χ3n) is 3.81. The predicted octanol–water partition coefficient (Wildman–Crippen LogP) is 4.29. The molecule has 0 radical (unpaired) electrons. The van der Waals surface area contributed by atoms with E-state index in [1.54, 1.807) is 0 Å². The fourth-order valence-electron chi connectivity index (χ4n) is 2.30. The molecule has 0 saturated heterocycles. The van der Waals surface area contributed by atoms with Gasteiger partial charge in [0.1, 0.15) is 5.75 Å². The number of aryl methyl sites for hydroxylation is 1. The van der Waals surface area contributed by atoms with Crippen LogP contribution in [0.3, 0.4) is 0 Å². The molecule has 2 rings (SSSR count). The van der Waals surface area contributed by atoms with Crippen LogP contribution < -0.4 is 10.1 Å². The Hall–Kier alpha value is -1.90. The Bertz CT molecular complexity index is 599. The van der Waals surface area contributed by atoms with Crippen LogP contribution in [0.4, 0.5) is 5.69 Å². The summed E-state index contributed by atoms with van der Waals surface area (Å²) < 4.78 is 8.10. The molecule has 0 bridgehead atoms. The first kappa shape index (κ1) is 15.5. The SMILES string of the molecule is Cc1cc(CNc2ccccc2OCC(C)C)c(C)n1C. The molecule has 3 heteroatoms. The van der Waals surface area contributed by atoms with E-state index in [1.165, 1.54) is 17.0 Å². The molecule has 3 nitrogen and oxygen atoms in total. The summed E-state index contributed by atoms with van der Waals surface area (Å²) in [4.78, 5) is 0. The number of benzene rings is 1. The molecule has 114 valence electrons. The zero-order valence-electron chi connectivity index (χ0n) is 13.7. The summed E-state index contributed by atoms with van der Waals surface area (Å²) in [5, 5.41) is 3.50. The van der Waals surface area contributed by atoms with Crippen molar-refractivity contribution in [2.75, 3.05) is 11.9 Å². The lowest BCUT2D eigenvalue weighted by atomic mass is 10.2. The highest BCUT2D eigenvalue weighted by molar-refractivity contribution is 5.56. The van der Waals surface area contributed by atoms with Gasteiger partial charge in [-0.2, -0.15) is 0 Å². The largest absolute Gasteiger partial charge is 0.491 e. The van der Waals surface area contributed by atoms with Gasteiger partial charge in [0, 0.05) is 25.0 Å². The molecule has 21 heavy (non-hydrogen) atoms. The van der Waals surface area contributed by atoms with Crippen molar-refractivity contribution in [2.24, 2.45) is 13.0 Å². The molecule has 2 aromatic rings. The quantitative estimate of drug-likeness (QED) is 0.857. The zero-order valence-corrected chi connectivity index (χ0v) is 13.7. The van der Waals surface area contributed by atoms with Crippen LogP contribution in [0.25, 0.3) is 0 Å². The molecule has 1 aromatic heterocycles. The Balaban J connectivity index is 2.07. The monoisotopic (exact) mass is 286 g/mol. The summed E-state index contributed by atoms with van der Waals surface area (Å²) >= 11 is 0. The van der Waals surface area contributed by atoms with E-state index in [1.807, 2.05) is 18.2 Å². The molecule has 1 N–H and O–H groups in total. The highest BCUT2D eigenvalue weighted by atomic mass is 16.5. The van der Waals surface area contributed by atoms with Crippen LogP contribution in [-0.4, -0.2) is 11.2 Å². The third-order valence-corrected chi connectivity index (χ3v) is 3.81. The van der Waals surface area contributed by atoms with Crippen molar-refractivity contribution in [1.29, 1.82) is 0 Å². The molecular formula is C18H26N2O. The molecule has 1 aromatic carbocycles. The number of ether oxygens (including phenoxy) is 1. The molecular weight excluding hydrogens is 260 g/mol. The maximum absolute atomic E-state index is 5.88. The van der Waals surface area contributed by atoms with Crippen LogP contribution in [0, 0.1) is 19.8 Å². The minimum atomic E-state index is 0.525. The van der Waals surface area contributed by atoms with Crippen molar-refractivity contribution in [3.05, 3.63) is 47.3 Å². The van der Waals surface area contributed by atoms with Gasteiger partial charge in [0.15, 0.2) is 0 Å². The van der Waals surface area contributed by atoms with Crippen molar-refractivity contribution in [3.8, 4) is 5.75 Å². The Morgan fingerprint density at radius 3 is 2.52 bits per heavy atom. The average Bonchev–Trinajstić information content (AvgIpc) is 2.71. The molecule has 0 aliphatic carbocycles. The van der Waals surface area contributed by atoms with Crippen LogP contribution in [0.1, 0.15) is 30.8 Å². The van der Waals surface area contributed by atoms with E-state index in [4.69, 9.17) is 4.74 Å². The van der Waals surface area contributed by atoms with Gasteiger partial charge >= 0.3 is 0 Å². The lowest BCUT2D eigenvalue weighted by Crippen LogP contribution is -2.07. The Labute approximate surface area is 127 Å². The molecule has 0 saturated carbocycles. The van der Waals surface area contributed by atoms with Gasteiger partial charge < -0.3 is 14.6 Å². The average molecular weight is 286 g/mol. The number of hydrogen-bond acceptors (Lipinski definition) is 2. The van der Waals surface area contributed by atoms with E-state index in [9.17, 15) is 0 Å². The summed E-state index contributed by atoms with van der Waals surface area (Å²) in [6.07, 6.45) is 0. The fraction of sp³-hybridized carbons (Fsp3) is 0.444. The first-order valence-electron chi connectivity index (χ1n) is 7.56. The van der Waals surface area contributed by atoms with Crippen LogP contribution in [0.15, 0.2) is 30.3 Å². The molecule has 0 aliphatic rings. The van der Waals surface area contributed by atoms with E-state index in [0.717, 1.165) is 24.6 Å². The first-order valence-corrected chi connectivity index (χ1v) is 7.56. The summed E-state index contributed by atoms with van der Waals surface area (Å²) in [6, 6.07) is 10.4. The van der Waals surface area contributed by atoms with E-state index in [2.05, 4.69) is 56.8 Å². The van der Waals surface area contributed by atoms with Gasteiger partial charge in [-0.15, -0.1) is 0 Å². The van der Waals surface area contributed by atoms with Crippen molar-refractivity contribution in [2.45, 2.75) is 34.2 Å². The molecule has 0 aliphatic heterocycles. The number of aromatic nitrogens is 1. The summed E-state index contributed by atoms with van der Waals surface area (Å²) in [6.45, 7) is 10.2. The summed E-state index contributed by atoms with van der Waals surface area (Å²) in [7, 11) is 2.11. The van der Waals surface area contributed by atoms with Crippen molar-refractivity contribution in [1.82, 2.24) is 4.57 Å². The molecule has 0 amide bonds. The standard InChI is InChI=1S/C18H26N2O/c1-13(2)12-21-18-9-7-6-8-17(18)19-11-16-10-14(3)20(5)15(16)4/h6-10,13,19H,11-12H2,1-5H3. The maximum Gasteiger partial charge on any atom is 0.142 e. The van der Waals surface area contributed by atoms with Gasteiger partial charge in [0.25, 0.3) is 0 Å². The summed E-state index contributed by atoms with van der Waals surface area (Å²) in [5.74, 6) is 1.45. The van der Waals surface area contributed by atoms with Gasteiger partial charge in [-0.3, -0.25) is 0 Å². The van der Waals surface area contributed by atoms with Gasteiger partial charge in [-0.1, -0.05) is 26.0 Å². The Morgan fingerprint density at radius 1 is 1.19 bits per heavy atom. The smallest absolute Gasteiger partial charge is 0.142 e. The molecule has 0 atom stereocenters. The highest BCUT2D eigenvalue weighted by Gasteiger charge is 2.08. The van der Waals surface area contributed by atoms with Crippen LogP contribution in [0.2, 0.25) is 0 Å². The van der Waals surface area contributed by atoms with Crippen LogP contribution >= 0.6 is 0 Å². The van der Waals surface area contributed by atoms with Crippen LogP contribution in [-0.2, 0) is 13.6 Å². The fourth-order valence-corrected chi connectivity index (χ4v) is 2.30. The minimum Gasteiger partial charge on any atom is -0.491 e. The zero-order chi connectivity index (χ0) is 15.4. The molecule has 1 heterocycles. The topological polar surface area (TPSA) is 26.2 Å². The lowest BCUT2D eigenvalue weighted by molar-refractivity contribution is 0.272. The predicted molar refractivity (Wildman–Crippen MR) is 89.0 cm³/mol. The van der Waals surface area contributed by atoms with E-state index < -0.39 is 0 Å². The Kier molecular flexibility index (Phi) is 4.94. The van der Waals surface area contributed by atoms with E-state index >= 15 is 0 Å². The first-order chi connectivity index (χ1) is 9.99. The second-order valence-corrected chi connectivity index (χ2v) is 6.01. The number of para-hydroxylation sites is 2. The van der Waals surface area contributed by atoms with Gasteiger partial charge in [0.05, 0.1) is 12.3 Å². The number of anilines is 1. The van der Waals surface area contributed by atoms with Crippen molar-refractivity contribution >= 4 is 5.69 Å². The highest BCUT2D eigenvalue weighted by Crippen LogP contribution is 2.25. The Morgan fingerprint density at radius 2 is 1.90 bits per heavy atom. The van der Waals surface area contributed by atoms with Crippen molar-refractivity contribution < 1.29 is 4.74 Å². The summed E-state index contributed by atoms with van der Waals surface area (Å²) in [5.41, 5.74) is 4.97. The molecule has 0 spiro atoms. The normalized spacial score (nSPS) is 11.0. The lowest BCUT2D eigenvalue weighted by Gasteiger charge is -2.14. The minimum absolute atomic E-state index is 0.525. The van der Waals surface area contributed by atoms with Gasteiger partial charge in [-0.25, -0.2) is 0 Å². The molecule has 0 fully saturated rings. The second kappa shape index (κ2) is 6.70. The van der Waals surface area contributed by atoms with Crippen molar-refractivity contribution in [3.63, 3.8) is 0 Å². The van der Waals surface area contributed by atoms with Crippen LogP contribution in [0.5, 0.6) is 5.75 Å². The number of nitrogens with one attached hydrogen (secondary N) is 1. The molecule has 0 unspecified atom stereocenters. The van der Waals surface area contributed by atoms with E-state index in [0.29, 0.717) is 5.92 Å². The third kappa shape index (κ3) is 3.81. The number of nitrogens with zero attached hydrogens (tertiary/aromatic N) is 1. The second-order valence-electron chi connectivity index (χ2n) is 6.01. The van der Waals surface area contributed by atoms with Gasteiger partial charge in [0.2, 0.25) is 0 Å². The maximum atomic E-state index is 5.88. The number of rotatable bonds is 6. The van der Waals surface area contributed by atoms with E-state index in [-0.39, 0.29) is 0 Å². The van der Waals surface area contributed by atoms with Gasteiger partial charge in [-0.05, 0) is 43.5 Å².